The number of nitrogens with one attached hydrogen (secondary N) is 2. The van der Waals surface area contributed by atoms with Gasteiger partial charge in [-0.15, -0.1) is 35.3 Å². The third-order valence-corrected chi connectivity index (χ3v) is 4.21. The lowest BCUT2D eigenvalue weighted by Crippen LogP contribution is -2.39. The zero-order chi connectivity index (χ0) is 15.0. The summed E-state index contributed by atoms with van der Waals surface area (Å²) in [4.78, 5) is 10.2. The summed E-state index contributed by atoms with van der Waals surface area (Å²) in [7, 11) is 1.81. The molecule has 1 rings (SSSR count). The van der Waals surface area contributed by atoms with E-state index in [0.29, 0.717) is 5.92 Å². The Balaban J connectivity index is 0.00000400. The summed E-state index contributed by atoms with van der Waals surface area (Å²) in [5.41, 5.74) is 1.24. The van der Waals surface area contributed by atoms with E-state index >= 15 is 0 Å². The molecule has 1 heterocycles. The molecule has 4 nitrogen and oxygen atoms in total. The van der Waals surface area contributed by atoms with Crippen LogP contribution in [-0.4, -0.2) is 31.1 Å². The van der Waals surface area contributed by atoms with E-state index in [4.69, 9.17) is 0 Å². The average Bonchev–Trinajstić information content (AvgIpc) is 2.77. The third-order valence-electron chi connectivity index (χ3n) is 3.14. The molecule has 0 amide bonds. The number of guanidine groups is 1. The van der Waals surface area contributed by atoms with Gasteiger partial charge in [0.25, 0.3) is 0 Å². The SMILES string of the molecule is CCc1nc(CCNC(=NC)NCCC(C)C)sc1C.I. The number of aromatic nitrogens is 1. The average molecular weight is 424 g/mol. The molecule has 2 N–H and O–H groups in total. The predicted molar refractivity (Wildman–Crippen MR) is 104 cm³/mol. The molecular formula is C15H29IN4S. The zero-order valence-corrected chi connectivity index (χ0v) is 17.0. The van der Waals surface area contributed by atoms with Gasteiger partial charge in [0, 0.05) is 31.4 Å². The number of hydrogen-bond donors (Lipinski definition) is 2. The first-order valence-electron chi connectivity index (χ1n) is 7.46. The van der Waals surface area contributed by atoms with Crippen LogP contribution in [0.2, 0.25) is 0 Å². The van der Waals surface area contributed by atoms with E-state index < -0.39 is 0 Å². The van der Waals surface area contributed by atoms with Gasteiger partial charge in [0.2, 0.25) is 0 Å². The van der Waals surface area contributed by atoms with E-state index in [0.717, 1.165) is 38.3 Å². The lowest BCUT2D eigenvalue weighted by molar-refractivity contribution is 0.573. The summed E-state index contributed by atoms with van der Waals surface area (Å²) in [6.45, 7) is 10.6. The number of rotatable bonds is 7. The van der Waals surface area contributed by atoms with Gasteiger partial charge in [-0.1, -0.05) is 20.8 Å². The highest BCUT2D eigenvalue weighted by atomic mass is 127. The molecule has 0 aliphatic carbocycles. The minimum Gasteiger partial charge on any atom is -0.356 e. The first-order chi connectivity index (χ1) is 9.56. The first kappa shape index (κ1) is 20.6. The van der Waals surface area contributed by atoms with Crippen molar-refractivity contribution in [1.29, 1.82) is 0 Å². The van der Waals surface area contributed by atoms with Crippen molar-refractivity contribution in [2.45, 2.75) is 47.0 Å². The molecule has 0 spiro atoms. The lowest BCUT2D eigenvalue weighted by atomic mass is 10.1. The van der Waals surface area contributed by atoms with Crippen molar-refractivity contribution in [3.8, 4) is 0 Å². The molecule has 0 unspecified atom stereocenters. The smallest absolute Gasteiger partial charge is 0.190 e. The summed E-state index contributed by atoms with van der Waals surface area (Å²) in [6.07, 6.45) is 3.14. The van der Waals surface area contributed by atoms with Crippen LogP contribution >= 0.6 is 35.3 Å². The second kappa shape index (κ2) is 11.2. The number of aliphatic imine (C=N–C) groups is 1. The van der Waals surface area contributed by atoms with Gasteiger partial charge in [0.1, 0.15) is 0 Å². The van der Waals surface area contributed by atoms with Gasteiger partial charge in [-0.3, -0.25) is 4.99 Å². The Morgan fingerprint density at radius 1 is 1.29 bits per heavy atom. The predicted octanol–water partition coefficient (Wildman–Crippen LogP) is 3.39. The highest BCUT2D eigenvalue weighted by molar-refractivity contribution is 14.0. The van der Waals surface area contributed by atoms with Gasteiger partial charge in [-0.25, -0.2) is 4.98 Å². The summed E-state index contributed by atoms with van der Waals surface area (Å²) in [5, 5.41) is 7.89. The maximum absolute atomic E-state index is 4.65. The van der Waals surface area contributed by atoms with E-state index in [1.807, 2.05) is 18.4 Å². The molecule has 6 heteroatoms. The standard InChI is InChI=1S/C15H28N4S.HI/c1-6-13-12(4)20-14(19-13)8-10-18-15(16-5)17-9-7-11(2)3;/h11H,6-10H2,1-5H3,(H2,16,17,18);1H. The van der Waals surface area contributed by atoms with Crippen LogP contribution in [0.25, 0.3) is 0 Å². The molecule has 0 saturated carbocycles. The second-order valence-electron chi connectivity index (χ2n) is 5.32. The van der Waals surface area contributed by atoms with Crippen molar-refractivity contribution < 1.29 is 0 Å². The second-order valence-corrected chi connectivity index (χ2v) is 6.61. The number of thiazole rings is 1. The quantitative estimate of drug-likeness (QED) is 0.401. The van der Waals surface area contributed by atoms with Crippen LogP contribution in [0.5, 0.6) is 0 Å². The number of aryl methyl sites for hydroxylation is 2. The lowest BCUT2D eigenvalue weighted by Gasteiger charge is -2.12. The Hall–Kier alpha value is -0.370. The molecule has 122 valence electrons. The van der Waals surface area contributed by atoms with E-state index in [9.17, 15) is 0 Å². The fourth-order valence-electron chi connectivity index (χ4n) is 1.91. The van der Waals surface area contributed by atoms with E-state index in [1.165, 1.54) is 15.6 Å². The molecule has 1 aromatic rings. The molecule has 0 saturated heterocycles. The van der Waals surface area contributed by atoms with Gasteiger partial charge in [-0.2, -0.15) is 0 Å². The number of nitrogens with zero attached hydrogens (tertiary/aromatic N) is 2. The Morgan fingerprint density at radius 2 is 1.95 bits per heavy atom. The van der Waals surface area contributed by atoms with Gasteiger partial charge < -0.3 is 10.6 Å². The minimum atomic E-state index is 0. The maximum atomic E-state index is 4.65. The van der Waals surface area contributed by atoms with Gasteiger partial charge in [0.05, 0.1) is 10.7 Å². The fraction of sp³-hybridized carbons (Fsp3) is 0.733. The molecule has 0 bridgehead atoms. The number of halogens is 1. The maximum Gasteiger partial charge on any atom is 0.190 e. The Bertz CT molecular complexity index is 429. The number of hydrogen-bond acceptors (Lipinski definition) is 3. The van der Waals surface area contributed by atoms with Gasteiger partial charge >= 0.3 is 0 Å². The van der Waals surface area contributed by atoms with Crippen LogP contribution < -0.4 is 10.6 Å². The van der Waals surface area contributed by atoms with Crippen LogP contribution in [0.3, 0.4) is 0 Å². The minimum absolute atomic E-state index is 0. The van der Waals surface area contributed by atoms with E-state index in [-0.39, 0.29) is 24.0 Å². The van der Waals surface area contributed by atoms with Crippen LogP contribution in [0.4, 0.5) is 0 Å². The zero-order valence-electron chi connectivity index (χ0n) is 13.8. The summed E-state index contributed by atoms with van der Waals surface area (Å²) >= 11 is 1.81. The van der Waals surface area contributed by atoms with Crippen LogP contribution in [-0.2, 0) is 12.8 Å². The molecule has 0 aromatic carbocycles. The fourth-order valence-corrected chi connectivity index (χ4v) is 2.93. The van der Waals surface area contributed by atoms with Crippen molar-refractivity contribution in [2.75, 3.05) is 20.1 Å². The summed E-state index contributed by atoms with van der Waals surface area (Å²) in [6, 6.07) is 0. The van der Waals surface area contributed by atoms with Crippen molar-refractivity contribution in [1.82, 2.24) is 15.6 Å². The Kier molecular flexibility index (Phi) is 11.0. The molecule has 0 radical (unpaired) electrons. The van der Waals surface area contributed by atoms with Crippen LogP contribution in [0.1, 0.15) is 42.8 Å². The molecule has 0 aliphatic rings. The molecular weight excluding hydrogens is 395 g/mol. The molecule has 0 aliphatic heterocycles. The highest BCUT2D eigenvalue weighted by Crippen LogP contribution is 2.17. The monoisotopic (exact) mass is 424 g/mol. The largest absolute Gasteiger partial charge is 0.356 e. The van der Waals surface area contributed by atoms with Crippen molar-refractivity contribution in [2.24, 2.45) is 10.9 Å². The van der Waals surface area contributed by atoms with E-state index in [1.54, 1.807) is 0 Å². The van der Waals surface area contributed by atoms with Crippen LogP contribution in [0, 0.1) is 12.8 Å². The molecule has 0 atom stereocenters. The molecule has 21 heavy (non-hydrogen) atoms. The Labute approximate surface area is 150 Å². The topological polar surface area (TPSA) is 49.3 Å². The highest BCUT2D eigenvalue weighted by Gasteiger charge is 2.06. The first-order valence-corrected chi connectivity index (χ1v) is 8.28. The third kappa shape index (κ3) is 7.99. The Morgan fingerprint density at radius 3 is 2.48 bits per heavy atom. The van der Waals surface area contributed by atoms with Crippen molar-refractivity contribution in [3.05, 3.63) is 15.6 Å². The normalized spacial score (nSPS) is 11.4. The molecule has 1 aromatic heterocycles. The summed E-state index contributed by atoms with van der Waals surface area (Å²) < 4.78 is 0. The summed E-state index contributed by atoms with van der Waals surface area (Å²) in [5.74, 6) is 1.60. The van der Waals surface area contributed by atoms with Gasteiger partial charge in [0.15, 0.2) is 5.96 Å². The van der Waals surface area contributed by atoms with Crippen molar-refractivity contribution in [3.63, 3.8) is 0 Å². The molecule has 0 fully saturated rings. The van der Waals surface area contributed by atoms with E-state index in [2.05, 4.69) is 48.3 Å². The van der Waals surface area contributed by atoms with Crippen molar-refractivity contribution >= 4 is 41.3 Å². The van der Waals surface area contributed by atoms with Gasteiger partial charge in [-0.05, 0) is 25.7 Å². The van der Waals surface area contributed by atoms with Crippen LogP contribution in [0.15, 0.2) is 4.99 Å².